The molecule has 19 heavy (non-hydrogen) atoms. The summed E-state index contributed by atoms with van der Waals surface area (Å²) < 4.78 is 4.89. The van der Waals surface area contributed by atoms with Gasteiger partial charge in [0.2, 0.25) is 0 Å². The van der Waals surface area contributed by atoms with E-state index >= 15 is 0 Å². The normalized spacial score (nSPS) is 31.2. The zero-order valence-electron chi connectivity index (χ0n) is 11.5. The first kappa shape index (κ1) is 17.4. The van der Waals surface area contributed by atoms with Gasteiger partial charge in [-0.05, 0) is 32.6 Å². The highest BCUT2D eigenvalue weighted by Crippen LogP contribution is 2.41. The molecule has 1 aliphatic carbocycles. The Morgan fingerprint density at radius 3 is 2.47 bits per heavy atom. The standard InChI is InChI=1S/C14H24Br2O3/c1-2-19-13(17)9-4-3-5-10-14(18)11(15)7-6-8-12(14)16/h11-12,18H,2-10H2,1H3. The van der Waals surface area contributed by atoms with Gasteiger partial charge in [0.05, 0.1) is 12.2 Å². The molecule has 0 spiro atoms. The van der Waals surface area contributed by atoms with Crippen molar-refractivity contribution >= 4 is 37.8 Å². The molecule has 1 aliphatic rings. The maximum Gasteiger partial charge on any atom is 0.305 e. The lowest BCUT2D eigenvalue weighted by molar-refractivity contribution is -0.143. The highest BCUT2D eigenvalue weighted by Gasteiger charge is 2.43. The molecule has 1 N–H and O–H groups in total. The number of carbonyl (C=O) groups is 1. The van der Waals surface area contributed by atoms with Gasteiger partial charge in [0.15, 0.2) is 0 Å². The van der Waals surface area contributed by atoms with Gasteiger partial charge in [-0.3, -0.25) is 4.79 Å². The van der Waals surface area contributed by atoms with Crippen molar-refractivity contribution in [2.24, 2.45) is 0 Å². The average molecular weight is 400 g/mol. The third-order valence-corrected chi connectivity index (χ3v) is 6.26. The van der Waals surface area contributed by atoms with Gasteiger partial charge in [-0.15, -0.1) is 0 Å². The number of unbranched alkanes of at least 4 members (excludes halogenated alkanes) is 2. The van der Waals surface area contributed by atoms with E-state index in [0.717, 1.165) is 44.9 Å². The van der Waals surface area contributed by atoms with Crippen LogP contribution in [0.2, 0.25) is 0 Å². The third-order valence-electron chi connectivity index (χ3n) is 3.76. The lowest BCUT2D eigenvalue weighted by atomic mass is 9.81. The van der Waals surface area contributed by atoms with Crippen LogP contribution < -0.4 is 0 Å². The van der Waals surface area contributed by atoms with Crippen LogP contribution in [0.15, 0.2) is 0 Å². The summed E-state index contributed by atoms with van der Waals surface area (Å²) in [6.45, 7) is 2.28. The zero-order chi connectivity index (χ0) is 14.3. The molecule has 1 fully saturated rings. The third kappa shape index (κ3) is 5.35. The molecular formula is C14H24Br2O3. The van der Waals surface area contributed by atoms with Crippen molar-refractivity contribution in [2.75, 3.05) is 6.61 Å². The van der Waals surface area contributed by atoms with Crippen LogP contribution in [0.3, 0.4) is 0 Å². The summed E-state index contributed by atoms with van der Waals surface area (Å²) >= 11 is 7.22. The number of halogens is 2. The summed E-state index contributed by atoms with van der Waals surface area (Å²) in [6, 6.07) is 0. The van der Waals surface area contributed by atoms with Crippen LogP contribution in [0.1, 0.15) is 58.3 Å². The van der Waals surface area contributed by atoms with Crippen LogP contribution in [-0.2, 0) is 9.53 Å². The van der Waals surface area contributed by atoms with E-state index in [2.05, 4.69) is 31.9 Å². The number of hydrogen-bond donors (Lipinski definition) is 1. The Morgan fingerprint density at radius 2 is 1.89 bits per heavy atom. The molecule has 0 aliphatic heterocycles. The Kier molecular flexibility index (Phi) is 7.92. The average Bonchev–Trinajstić information content (AvgIpc) is 2.36. The van der Waals surface area contributed by atoms with Gasteiger partial charge in [0, 0.05) is 16.1 Å². The smallest absolute Gasteiger partial charge is 0.305 e. The van der Waals surface area contributed by atoms with Crippen LogP contribution in [0.25, 0.3) is 0 Å². The number of rotatable bonds is 7. The Balaban J connectivity index is 2.22. The monoisotopic (exact) mass is 398 g/mol. The number of hydrogen-bond acceptors (Lipinski definition) is 3. The molecule has 2 unspecified atom stereocenters. The van der Waals surface area contributed by atoms with E-state index in [1.807, 2.05) is 6.92 Å². The molecule has 0 bridgehead atoms. The molecule has 0 aromatic rings. The van der Waals surface area contributed by atoms with Gasteiger partial charge in [0.1, 0.15) is 0 Å². The molecule has 3 nitrogen and oxygen atoms in total. The summed E-state index contributed by atoms with van der Waals surface area (Å²) in [5, 5.41) is 10.7. The molecular weight excluding hydrogens is 376 g/mol. The van der Waals surface area contributed by atoms with Crippen molar-refractivity contribution in [1.29, 1.82) is 0 Å². The first-order valence-electron chi connectivity index (χ1n) is 7.17. The minimum absolute atomic E-state index is 0.115. The minimum Gasteiger partial charge on any atom is -0.466 e. The van der Waals surface area contributed by atoms with Crippen molar-refractivity contribution in [2.45, 2.75) is 73.5 Å². The number of alkyl halides is 2. The lowest BCUT2D eigenvalue weighted by Gasteiger charge is -2.41. The second-order valence-electron chi connectivity index (χ2n) is 5.22. The fraction of sp³-hybridized carbons (Fsp3) is 0.929. The van der Waals surface area contributed by atoms with Gasteiger partial charge < -0.3 is 9.84 Å². The van der Waals surface area contributed by atoms with E-state index in [4.69, 9.17) is 4.74 Å². The lowest BCUT2D eigenvalue weighted by Crippen LogP contribution is -2.49. The summed E-state index contributed by atoms with van der Waals surface area (Å²) in [7, 11) is 0. The molecule has 1 rings (SSSR count). The maximum atomic E-state index is 11.2. The molecule has 0 aromatic carbocycles. The number of aliphatic hydroxyl groups is 1. The van der Waals surface area contributed by atoms with Gasteiger partial charge in [-0.2, -0.15) is 0 Å². The summed E-state index contributed by atoms with van der Waals surface area (Å²) in [4.78, 5) is 11.5. The van der Waals surface area contributed by atoms with E-state index in [-0.39, 0.29) is 15.6 Å². The Morgan fingerprint density at radius 1 is 1.26 bits per heavy atom. The first-order valence-corrected chi connectivity index (χ1v) is 9.00. The Labute approximate surface area is 132 Å². The van der Waals surface area contributed by atoms with Crippen LogP contribution >= 0.6 is 31.9 Å². The zero-order valence-corrected chi connectivity index (χ0v) is 14.7. The fourth-order valence-corrected chi connectivity index (χ4v) is 4.67. The van der Waals surface area contributed by atoms with Gasteiger partial charge in [-0.25, -0.2) is 0 Å². The van der Waals surface area contributed by atoms with E-state index in [1.165, 1.54) is 0 Å². The Bertz CT molecular complexity index is 274. The van der Waals surface area contributed by atoms with Gasteiger partial charge in [0.25, 0.3) is 0 Å². The van der Waals surface area contributed by atoms with E-state index in [9.17, 15) is 9.90 Å². The van der Waals surface area contributed by atoms with E-state index < -0.39 is 5.60 Å². The number of carbonyl (C=O) groups excluding carboxylic acids is 1. The molecule has 1 saturated carbocycles. The predicted molar refractivity (Wildman–Crippen MR) is 83.9 cm³/mol. The van der Waals surface area contributed by atoms with Crippen LogP contribution in [-0.4, -0.2) is 32.9 Å². The molecule has 0 radical (unpaired) electrons. The van der Waals surface area contributed by atoms with E-state index in [0.29, 0.717) is 13.0 Å². The van der Waals surface area contributed by atoms with Crippen molar-refractivity contribution in [3.05, 3.63) is 0 Å². The van der Waals surface area contributed by atoms with Crippen molar-refractivity contribution in [1.82, 2.24) is 0 Å². The Hall–Kier alpha value is 0.390. The highest BCUT2D eigenvalue weighted by molar-refractivity contribution is 9.10. The quantitative estimate of drug-likeness (QED) is 0.400. The molecule has 0 saturated heterocycles. The second kappa shape index (κ2) is 8.63. The predicted octanol–water partition coefficient (Wildman–Crippen LogP) is 3.94. The number of esters is 1. The highest BCUT2D eigenvalue weighted by atomic mass is 79.9. The minimum atomic E-state index is -0.651. The fourth-order valence-electron chi connectivity index (χ4n) is 2.57. The molecule has 0 aromatic heterocycles. The largest absolute Gasteiger partial charge is 0.466 e. The van der Waals surface area contributed by atoms with Gasteiger partial charge >= 0.3 is 5.97 Å². The van der Waals surface area contributed by atoms with E-state index in [1.54, 1.807) is 0 Å². The molecule has 112 valence electrons. The SMILES string of the molecule is CCOC(=O)CCCCCC1(O)C(Br)CCCC1Br. The van der Waals surface area contributed by atoms with Gasteiger partial charge in [-0.1, -0.05) is 51.1 Å². The van der Waals surface area contributed by atoms with Crippen LogP contribution in [0, 0.1) is 0 Å². The van der Waals surface area contributed by atoms with Crippen LogP contribution in [0.4, 0.5) is 0 Å². The van der Waals surface area contributed by atoms with Crippen molar-refractivity contribution in [3.63, 3.8) is 0 Å². The number of ether oxygens (including phenoxy) is 1. The molecule has 5 heteroatoms. The van der Waals surface area contributed by atoms with Crippen molar-refractivity contribution in [3.8, 4) is 0 Å². The first-order chi connectivity index (χ1) is 9.00. The molecule has 0 amide bonds. The van der Waals surface area contributed by atoms with Crippen LogP contribution in [0.5, 0.6) is 0 Å². The summed E-state index contributed by atoms with van der Waals surface area (Å²) in [5.74, 6) is -0.115. The molecule has 2 atom stereocenters. The summed E-state index contributed by atoms with van der Waals surface area (Å²) in [5.41, 5.74) is -0.651. The summed E-state index contributed by atoms with van der Waals surface area (Å²) in [6.07, 6.45) is 7.22. The van der Waals surface area contributed by atoms with Crippen molar-refractivity contribution < 1.29 is 14.6 Å². The topological polar surface area (TPSA) is 46.5 Å². The molecule has 0 heterocycles. The second-order valence-corrected chi connectivity index (χ2v) is 7.43. The maximum absolute atomic E-state index is 11.2.